The normalized spacial score (nSPS) is 9.64. The Kier molecular flexibility index (Phi) is 2.77. The van der Waals surface area contributed by atoms with Crippen molar-refractivity contribution < 1.29 is 0 Å². The van der Waals surface area contributed by atoms with E-state index in [1.165, 1.54) is 11.1 Å². The fourth-order valence-corrected chi connectivity index (χ4v) is 1.37. The van der Waals surface area contributed by atoms with E-state index in [1.54, 1.807) is 0 Å². The molecule has 0 atom stereocenters. The molecule has 0 radical (unpaired) electrons. The smallest absolute Gasteiger partial charge is 0.00778 e. The van der Waals surface area contributed by atoms with Crippen LogP contribution in [0.2, 0.25) is 0 Å². The summed E-state index contributed by atoms with van der Waals surface area (Å²) >= 11 is 4.35. The van der Waals surface area contributed by atoms with Crippen LogP contribution < -0.4 is 0 Å². The second-order valence-electron chi connectivity index (χ2n) is 2.62. The van der Waals surface area contributed by atoms with Crippen molar-refractivity contribution in [2.75, 3.05) is 0 Å². The Balaban J connectivity index is 2.98. The number of aryl methyl sites for hydroxylation is 1. The third-order valence-corrected chi connectivity index (χ3v) is 2.02. The number of thiol groups is 1. The summed E-state index contributed by atoms with van der Waals surface area (Å²) in [6.45, 7) is 5.75. The molecule has 0 fully saturated rings. The van der Waals surface area contributed by atoms with Crippen LogP contribution in [0, 0.1) is 6.92 Å². The molecule has 1 aromatic rings. The molecule has 1 heteroatoms. The summed E-state index contributed by atoms with van der Waals surface area (Å²) in [5, 5.41) is 0. The summed E-state index contributed by atoms with van der Waals surface area (Å²) in [4.78, 5) is 1.06. The van der Waals surface area contributed by atoms with Gasteiger partial charge in [0.2, 0.25) is 0 Å². The largest absolute Gasteiger partial charge is 0.143 e. The van der Waals surface area contributed by atoms with Crippen LogP contribution in [-0.4, -0.2) is 0 Å². The maximum absolute atomic E-state index is 4.35. The van der Waals surface area contributed by atoms with E-state index in [0.717, 1.165) is 11.3 Å². The van der Waals surface area contributed by atoms with E-state index in [4.69, 9.17) is 0 Å². The van der Waals surface area contributed by atoms with Gasteiger partial charge in [-0.25, -0.2) is 0 Å². The van der Waals surface area contributed by atoms with E-state index in [-0.39, 0.29) is 0 Å². The second kappa shape index (κ2) is 3.63. The highest BCUT2D eigenvalue weighted by Crippen LogP contribution is 2.16. The lowest BCUT2D eigenvalue weighted by Gasteiger charge is -2.01. The van der Waals surface area contributed by atoms with Gasteiger partial charge < -0.3 is 0 Å². The van der Waals surface area contributed by atoms with Crippen LogP contribution in [0.4, 0.5) is 0 Å². The molecule has 1 rings (SSSR count). The van der Waals surface area contributed by atoms with Crippen LogP contribution in [0.25, 0.3) is 0 Å². The van der Waals surface area contributed by atoms with Crippen molar-refractivity contribution in [2.24, 2.45) is 0 Å². The minimum absolute atomic E-state index is 0.902. The van der Waals surface area contributed by atoms with Crippen molar-refractivity contribution >= 4 is 12.6 Å². The average molecular weight is 164 g/mol. The molecule has 0 aliphatic heterocycles. The zero-order chi connectivity index (χ0) is 8.27. The van der Waals surface area contributed by atoms with E-state index in [1.807, 2.05) is 6.08 Å². The third kappa shape index (κ3) is 2.12. The van der Waals surface area contributed by atoms with Crippen LogP contribution in [0.5, 0.6) is 0 Å². The molecule has 0 heterocycles. The summed E-state index contributed by atoms with van der Waals surface area (Å²) < 4.78 is 0. The van der Waals surface area contributed by atoms with Crippen LogP contribution in [0.15, 0.2) is 35.7 Å². The van der Waals surface area contributed by atoms with Crippen molar-refractivity contribution in [1.29, 1.82) is 0 Å². The minimum Gasteiger partial charge on any atom is -0.143 e. The molecule has 0 N–H and O–H groups in total. The first-order valence-corrected chi connectivity index (χ1v) is 4.08. The lowest BCUT2D eigenvalue weighted by molar-refractivity contribution is 1.17. The SMILES string of the molecule is C=CCc1ccc(C)cc1S. The lowest BCUT2D eigenvalue weighted by atomic mass is 10.1. The standard InChI is InChI=1S/C10H12S/c1-3-4-9-6-5-8(2)7-10(9)11/h3,5-7,11H,1,4H2,2H3. The highest BCUT2D eigenvalue weighted by Gasteiger charge is 1.95. The van der Waals surface area contributed by atoms with Crippen LogP contribution in [0.3, 0.4) is 0 Å². The van der Waals surface area contributed by atoms with Crippen molar-refractivity contribution in [2.45, 2.75) is 18.2 Å². The van der Waals surface area contributed by atoms with E-state index in [2.05, 4.69) is 44.3 Å². The Labute approximate surface area is 73.4 Å². The Hall–Kier alpha value is -0.690. The molecule has 58 valence electrons. The molecule has 0 bridgehead atoms. The minimum atomic E-state index is 0.902. The van der Waals surface area contributed by atoms with Crippen LogP contribution in [-0.2, 0) is 6.42 Å². The molecule has 0 unspecified atom stereocenters. The van der Waals surface area contributed by atoms with Gasteiger partial charge >= 0.3 is 0 Å². The first kappa shape index (κ1) is 8.41. The fourth-order valence-electron chi connectivity index (χ4n) is 1.00. The maximum Gasteiger partial charge on any atom is 0.00778 e. The second-order valence-corrected chi connectivity index (χ2v) is 3.11. The Morgan fingerprint density at radius 3 is 2.82 bits per heavy atom. The monoisotopic (exact) mass is 164 g/mol. The fraction of sp³-hybridized carbons (Fsp3) is 0.200. The third-order valence-electron chi connectivity index (χ3n) is 1.61. The first-order valence-electron chi connectivity index (χ1n) is 3.63. The summed E-state index contributed by atoms with van der Waals surface area (Å²) in [5.74, 6) is 0. The molecular formula is C10H12S. The molecule has 0 saturated carbocycles. The van der Waals surface area contributed by atoms with Crippen molar-refractivity contribution in [3.8, 4) is 0 Å². The van der Waals surface area contributed by atoms with Gasteiger partial charge in [-0.15, -0.1) is 19.2 Å². The molecular weight excluding hydrogens is 152 g/mol. The number of allylic oxidation sites excluding steroid dienone is 1. The highest BCUT2D eigenvalue weighted by atomic mass is 32.1. The van der Waals surface area contributed by atoms with E-state index < -0.39 is 0 Å². The number of rotatable bonds is 2. The predicted octanol–water partition coefficient (Wildman–Crippen LogP) is 3.01. The van der Waals surface area contributed by atoms with Crippen molar-refractivity contribution in [1.82, 2.24) is 0 Å². The molecule has 0 nitrogen and oxygen atoms in total. The van der Waals surface area contributed by atoms with Gasteiger partial charge in [-0.3, -0.25) is 0 Å². The quantitative estimate of drug-likeness (QED) is 0.504. The topological polar surface area (TPSA) is 0 Å². The van der Waals surface area contributed by atoms with Crippen LogP contribution in [0.1, 0.15) is 11.1 Å². The number of hydrogen-bond acceptors (Lipinski definition) is 1. The van der Waals surface area contributed by atoms with Gasteiger partial charge in [0.15, 0.2) is 0 Å². The summed E-state index contributed by atoms with van der Waals surface area (Å²) in [6.07, 6.45) is 2.80. The van der Waals surface area contributed by atoms with Gasteiger partial charge in [0.1, 0.15) is 0 Å². The molecule has 0 saturated heterocycles. The summed E-state index contributed by atoms with van der Waals surface area (Å²) in [5.41, 5.74) is 2.50. The number of benzene rings is 1. The van der Waals surface area contributed by atoms with Gasteiger partial charge in [-0.2, -0.15) is 0 Å². The molecule has 0 amide bonds. The molecule has 1 aromatic carbocycles. The lowest BCUT2D eigenvalue weighted by Crippen LogP contribution is -1.83. The van der Waals surface area contributed by atoms with E-state index in [9.17, 15) is 0 Å². The van der Waals surface area contributed by atoms with E-state index >= 15 is 0 Å². The van der Waals surface area contributed by atoms with Crippen LogP contribution >= 0.6 is 12.6 Å². The average Bonchev–Trinajstić information content (AvgIpc) is 1.95. The molecule has 0 aliphatic carbocycles. The number of hydrogen-bond donors (Lipinski definition) is 1. The zero-order valence-corrected chi connectivity index (χ0v) is 7.57. The van der Waals surface area contributed by atoms with Gasteiger partial charge in [-0.05, 0) is 25.0 Å². The summed E-state index contributed by atoms with van der Waals surface area (Å²) in [6, 6.07) is 6.26. The molecule has 0 spiro atoms. The predicted molar refractivity (Wildman–Crippen MR) is 52.3 cm³/mol. The maximum atomic E-state index is 4.35. The van der Waals surface area contributed by atoms with Crippen molar-refractivity contribution in [3.05, 3.63) is 42.0 Å². The molecule has 0 aliphatic rings. The van der Waals surface area contributed by atoms with Crippen molar-refractivity contribution in [3.63, 3.8) is 0 Å². The summed E-state index contributed by atoms with van der Waals surface area (Å²) in [7, 11) is 0. The van der Waals surface area contributed by atoms with Gasteiger partial charge in [0.05, 0.1) is 0 Å². The zero-order valence-electron chi connectivity index (χ0n) is 6.67. The Morgan fingerprint density at radius 1 is 1.55 bits per heavy atom. The molecule has 0 aromatic heterocycles. The van der Waals surface area contributed by atoms with Gasteiger partial charge in [0, 0.05) is 4.90 Å². The first-order chi connectivity index (χ1) is 5.24. The highest BCUT2D eigenvalue weighted by molar-refractivity contribution is 7.80. The van der Waals surface area contributed by atoms with Gasteiger partial charge in [-0.1, -0.05) is 23.8 Å². The Morgan fingerprint density at radius 2 is 2.27 bits per heavy atom. The van der Waals surface area contributed by atoms with Gasteiger partial charge in [0.25, 0.3) is 0 Å². The van der Waals surface area contributed by atoms with E-state index in [0.29, 0.717) is 0 Å². The molecule has 11 heavy (non-hydrogen) atoms. The Bertz CT molecular complexity index is 264.